The minimum absolute atomic E-state index is 0.0655. The molecular formula is C24H26N4O5S2. The van der Waals surface area contributed by atoms with Crippen LogP contribution in [-0.2, 0) is 20.8 Å². The molecule has 2 heterocycles. The Morgan fingerprint density at radius 2 is 1.83 bits per heavy atom. The summed E-state index contributed by atoms with van der Waals surface area (Å²) in [4.78, 5) is 37.3. The zero-order chi connectivity index (χ0) is 25.1. The highest BCUT2D eigenvalue weighted by molar-refractivity contribution is 7.99. The number of carbonyl (C=O) groups excluding carboxylic acids is 3. The molecule has 1 saturated carbocycles. The number of carbonyl (C=O) groups is 3. The van der Waals surface area contributed by atoms with Gasteiger partial charge in [0, 0.05) is 12.5 Å². The lowest BCUT2D eigenvalue weighted by Crippen LogP contribution is -2.16. The molecule has 2 unspecified atom stereocenters. The molecule has 1 amide bonds. The van der Waals surface area contributed by atoms with Crippen molar-refractivity contribution in [3.05, 3.63) is 57.7 Å². The van der Waals surface area contributed by atoms with Gasteiger partial charge < -0.3 is 19.4 Å². The summed E-state index contributed by atoms with van der Waals surface area (Å²) in [6.45, 7) is 4.34. The van der Waals surface area contributed by atoms with E-state index in [2.05, 4.69) is 32.2 Å². The number of nitrogens with zero attached hydrogens (tertiary/aromatic N) is 3. The molecule has 0 radical (unpaired) electrons. The van der Waals surface area contributed by atoms with E-state index in [0.29, 0.717) is 29.1 Å². The number of thioether (sulfide) groups is 1. The van der Waals surface area contributed by atoms with Gasteiger partial charge in [0.2, 0.25) is 5.91 Å². The summed E-state index contributed by atoms with van der Waals surface area (Å²) >= 11 is 2.26. The number of thiophene rings is 1. The third kappa shape index (κ3) is 5.10. The van der Waals surface area contributed by atoms with Crippen molar-refractivity contribution in [2.24, 2.45) is 0 Å². The number of rotatable bonds is 9. The molecule has 1 aliphatic carbocycles. The number of benzene rings is 1. The summed E-state index contributed by atoms with van der Waals surface area (Å²) in [6, 6.07) is 10.4. The van der Waals surface area contributed by atoms with Gasteiger partial charge >= 0.3 is 11.9 Å². The lowest BCUT2D eigenvalue weighted by Gasteiger charge is -2.08. The smallest absolute Gasteiger partial charge is 0.348 e. The maximum Gasteiger partial charge on any atom is 0.348 e. The number of aromatic nitrogens is 3. The number of nitrogens with one attached hydrogen (secondary N) is 1. The summed E-state index contributed by atoms with van der Waals surface area (Å²) in [5.41, 5.74) is 1.86. The molecule has 4 rings (SSSR count). The fraction of sp³-hybridized carbons (Fsp3) is 0.375. The Balaban J connectivity index is 1.44. The SMILES string of the molecule is CCn1c(SCC(=O)Nc2sc(C(=O)OC)c(C)c2C(=O)OC)nnc1C1CC1c1ccccc1. The lowest BCUT2D eigenvalue weighted by atomic mass is 10.1. The molecule has 0 saturated heterocycles. The van der Waals surface area contributed by atoms with E-state index >= 15 is 0 Å². The van der Waals surface area contributed by atoms with E-state index < -0.39 is 11.9 Å². The number of hydrogen-bond acceptors (Lipinski definition) is 9. The van der Waals surface area contributed by atoms with Crippen LogP contribution in [0.4, 0.5) is 5.00 Å². The van der Waals surface area contributed by atoms with Crippen LogP contribution in [0.5, 0.6) is 0 Å². The van der Waals surface area contributed by atoms with E-state index in [1.54, 1.807) is 6.92 Å². The molecule has 184 valence electrons. The Kier molecular flexibility index (Phi) is 7.56. The van der Waals surface area contributed by atoms with E-state index in [0.717, 1.165) is 23.6 Å². The van der Waals surface area contributed by atoms with Gasteiger partial charge in [-0.2, -0.15) is 0 Å². The molecule has 3 aromatic rings. The third-order valence-electron chi connectivity index (χ3n) is 5.90. The summed E-state index contributed by atoms with van der Waals surface area (Å²) in [5.74, 6) is 0.217. The molecule has 0 aliphatic heterocycles. The number of esters is 2. The van der Waals surface area contributed by atoms with Crippen molar-refractivity contribution in [2.75, 3.05) is 25.3 Å². The van der Waals surface area contributed by atoms with Crippen LogP contribution in [0.25, 0.3) is 0 Å². The summed E-state index contributed by atoms with van der Waals surface area (Å²) in [6.07, 6.45) is 1.03. The minimum Gasteiger partial charge on any atom is -0.465 e. The molecule has 35 heavy (non-hydrogen) atoms. The van der Waals surface area contributed by atoms with Crippen molar-refractivity contribution in [2.45, 2.75) is 43.8 Å². The minimum atomic E-state index is -0.635. The molecule has 2 atom stereocenters. The van der Waals surface area contributed by atoms with Crippen LogP contribution in [0.2, 0.25) is 0 Å². The van der Waals surface area contributed by atoms with Gasteiger partial charge in [0.1, 0.15) is 15.7 Å². The van der Waals surface area contributed by atoms with E-state index in [1.807, 2.05) is 25.1 Å². The van der Waals surface area contributed by atoms with Crippen LogP contribution >= 0.6 is 23.1 Å². The summed E-state index contributed by atoms with van der Waals surface area (Å²) in [7, 11) is 2.51. The fourth-order valence-corrected chi connectivity index (χ4v) is 6.00. The largest absolute Gasteiger partial charge is 0.465 e. The van der Waals surface area contributed by atoms with Crippen LogP contribution in [0.15, 0.2) is 35.5 Å². The normalized spacial score (nSPS) is 16.6. The van der Waals surface area contributed by atoms with Crippen LogP contribution < -0.4 is 5.32 Å². The second-order valence-electron chi connectivity index (χ2n) is 8.02. The quantitative estimate of drug-likeness (QED) is 0.333. The number of ether oxygens (including phenoxy) is 2. The molecule has 1 fully saturated rings. The highest BCUT2D eigenvalue weighted by atomic mass is 32.2. The average Bonchev–Trinajstić information content (AvgIpc) is 3.46. The van der Waals surface area contributed by atoms with Crippen molar-refractivity contribution < 1.29 is 23.9 Å². The molecule has 1 N–H and O–H groups in total. The van der Waals surface area contributed by atoms with E-state index in [9.17, 15) is 14.4 Å². The van der Waals surface area contributed by atoms with Crippen molar-refractivity contribution in [3.8, 4) is 0 Å². The van der Waals surface area contributed by atoms with E-state index in [4.69, 9.17) is 9.47 Å². The van der Waals surface area contributed by atoms with Crippen molar-refractivity contribution in [1.82, 2.24) is 14.8 Å². The Morgan fingerprint density at radius 1 is 1.11 bits per heavy atom. The Hall–Kier alpha value is -3.18. The molecule has 9 nitrogen and oxygen atoms in total. The molecule has 2 aromatic heterocycles. The van der Waals surface area contributed by atoms with Crippen LogP contribution in [0, 0.1) is 6.92 Å². The number of anilines is 1. The zero-order valence-corrected chi connectivity index (χ0v) is 21.5. The van der Waals surface area contributed by atoms with Gasteiger partial charge in [0.15, 0.2) is 5.16 Å². The summed E-state index contributed by atoms with van der Waals surface area (Å²) in [5, 5.41) is 12.4. The van der Waals surface area contributed by atoms with Gasteiger partial charge in [-0.1, -0.05) is 42.1 Å². The van der Waals surface area contributed by atoms with Crippen molar-refractivity contribution in [1.29, 1.82) is 0 Å². The van der Waals surface area contributed by atoms with E-state index in [1.165, 1.54) is 31.5 Å². The first-order valence-corrected chi connectivity index (χ1v) is 12.9. The van der Waals surface area contributed by atoms with Crippen LogP contribution in [0.1, 0.15) is 62.2 Å². The monoisotopic (exact) mass is 514 g/mol. The van der Waals surface area contributed by atoms with Crippen molar-refractivity contribution >= 4 is 45.9 Å². The first kappa shape index (κ1) is 24.9. The standard InChI is InChI=1S/C24H26N4O5S2/c1-5-28-20(16-11-15(16)14-9-7-6-8-10-14)26-27-24(28)34-12-17(29)25-21-18(22(30)32-3)13(2)19(35-21)23(31)33-4/h6-10,15-16H,5,11-12H2,1-4H3,(H,25,29). The second-order valence-corrected chi connectivity index (χ2v) is 9.99. The first-order chi connectivity index (χ1) is 16.9. The zero-order valence-electron chi connectivity index (χ0n) is 19.9. The molecule has 11 heteroatoms. The third-order valence-corrected chi connectivity index (χ3v) is 8.06. The Labute approximate surface area is 211 Å². The van der Waals surface area contributed by atoms with Crippen LogP contribution in [0.3, 0.4) is 0 Å². The highest BCUT2D eigenvalue weighted by Gasteiger charge is 2.43. The van der Waals surface area contributed by atoms with Crippen molar-refractivity contribution in [3.63, 3.8) is 0 Å². The van der Waals surface area contributed by atoms with Gasteiger partial charge in [0.25, 0.3) is 0 Å². The predicted octanol–water partition coefficient (Wildman–Crippen LogP) is 4.24. The van der Waals surface area contributed by atoms with Gasteiger partial charge in [-0.15, -0.1) is 21.5 Å². The number of methoxy groups -OCH3 is 2. The molecule has 1 aromatic carbocycles. The van der Waals surface area contributed by atoms with Gasteiger partial charge in [-0.3, -0.25) is 4.79 Å². The maximum atomic E-state index is 12.7. The van der Waals surface area contributed by atoms with E-state index in [-0.39, 0.29) is 27.1 Å². The van der Waals surface area contributed by atoms with Crippen LogP contribution in [-0.4, -0.2) is 52.6 Å². The van der Waals surface area contributed by atoms with Gasteiger partial charge in [-0.25, -0.2) is 9.59 Å². The predicted molar refractivity (Wildman–Crippen MR) is 133 cm³/mol. The molecular weight excluding hydrogens is 488 g/mol. The highest BCUT2D eigenvalue weighted by Crippen LogP contribution is 2.54. The van der Waals surface area contributed by atoms with Gasteiger partial charge in [0.05, 0.1) is 25.5 Å². The summed E-state index contributed by atoms with van der Waals surface area (Å²) < 4.78 is 11.7. The molecule has 1 aliphatic rings. The Morgan fingerprint density at radius 3 is 2.49 bits per heavy atom. The number of amides is 1. The number of hydrogen-bond donors (Lipinski definition) is 1. The molecule has 0 bridgehead atoms. The fourth-order valence-electron chi connectivity index (χ4n) is 4.06. The van der Waals surface area contributed by atoms with Gasteiger partial charge in [-0.05, 0) is 37.3 Å². The first-order valence-electron chi connectivity index (χ1n) is 11.1. The molecule has 0 spiro atoms. The lowest BCUT2D eigenvalue weighted by molar-refractivity contribution is -0.113. The second kappa shape index (κ2) is 10.6. The average molecular weight is 515 g/mol. The topological polar surface area (TPSA) is 112 Å². The maximum absolute atomic E-state index is 12.7. The Bertz CT molecular complexity index is 1250.